The molecule has 8 heteroatoms. The first-order chi connectivity index (χ1) is 9.20. The van der Waals surface area contributed by atoms with Crippen LogP contribution in [-0.4, -0.2) is 32.0 Å². The molecule has 0 saturated heterocycles. The lowest BCUT2D eigenvalue weighted by atomic mass is 10.2. The van der Waals surface area contributed by atoms with Gasteiger partial charge in [0, 0.05) is 6.54 Å². The van der Waals surface area contributed by atoms with Gasteiger partial charge in [-0.25, -0.2) is 8.42 Å². The van der Waals surface area contributed by atoms with Crippen LogP contribution >= 0.6 is 0 Å². The molecular weight excluding hydrogens is 293 g/mol. The molecule has 0 bridgehead atoms. The molecule has 20 heavy (non-hydrogen) atoms. The lowest BCUT2D eigenvalue weighted by Crippen LogP contribution is -2.38. The van der Waals surface area contributed by atoms with Gasteiger partial charge in [-0.2, -0.15) is 22.7 Å². The number of nitriles is 1. The van der Waals surface area contributed by atoms with Crippen LogP contribution in [0.4, 0.5) is 13.2 Å². The molecule has 110 valence electrons. The SMILES string of the molecule is CCN(CC(F)(F)F)S(=O)(=O)c1ccc(CC#N)cc1. The van der Waals surface area contributed by atoms with Crippen LogP contribution in [0.15, 0.2) is 29.2 Å². The number of hydrogen-bond acceptors (Lipinski definition) is 3. The van der Waals surface area contributed by atoms with Crippen LogP contribution in [-0.2, 0) is 16.4 Å². The van der Waals surface area contributed by atoms with Crippen LogP contribution < -0.4 is 0 Å². The van der Waals surface area contributed by atoms with E-state index in [4.69, 9.17) is 5.26 Å². The third-order valence-corrected chi connectivity index (χ3v) is 4.49. The number of nitrogens with zero attached hydrogens (tertiary/aromatic N) is 2. The van der Waals surface area contributed by atoms with E-state index in [1.54, 1.807) is 0 Å². The Morgan fingerprint density at radius 3 is 2.20 bits per heavy atom. The average molecular weight is 306 g/mol. The molecule has 0 fully saturated rings. The highest BCUT2D eigenvalue weighted by Gasteiger charge is 2.36. The van der Waals surface area contributed by atoms with Crippen LogP contribution in [0.2, 0.25) is 0 Å². The summed E-state index contributed by atoms with van der Waals surface area (Å²) in [6.07, 6.45) is -4.48. The first-order valence-corrected chi connectivity index (χ1v) is 7.17. The Morgan fingerprint density at radius 1 is 1.25 bits per heavy atom. The fourth-order valence-corrected chi connectivity index (χ4v) is 3.02. The van der Waals surface area contributed by atoms with E-state index < -0.39 is 22.7 Å². The molecule has 0 radical (unpaired) electrons. The molecule has 0 N–H and O–H groups in total. The summed E-state index contributed by atoms with van der Waals surface area (Å²) in [5.74, 6) is 0. The first-order valence-electron chi connectivity index (χ1n) is 5.73. The van der Waals surface area contributed by atoms with Crippen molar-refractivity contribution in [3.05, 3.63) is 29.8 Å². The number of rotatable bonds is 5. The largest absolute Gasteiger partial charge is 0.402 e. The molecule has 0 amide bonds. The summed E-state index contributed by atoms with van der Waals surface area (Å²) in [6, 6.07) is 7.15. The maximum atomic E-state index is 12.4. The van der Waals surface area contributed by atoms with Gasteiger partial charge in [0.1, 0.15) is 6.54 Å². The van der Waals surface area contributed by atoms with Crippen molar-refractivity contribution in [2.24, 2.45) is 0 Å². The Labute approximate surface area is 115 Å². The fraction of sp³-hybridized carbons (Fsp3) is 0.417. The molecule has 1 aromatic rings. The Balaban J connectivity index is 3.05. The highest BCUT2D eigenvalue weighted by Crippen LogP contribution is 2.22. The molecule has 0 unspecified atom stereocenters. The second kappa shape index (κ2) is 6.24. The summed E-state index contributed by atoms with van der Waals surface area (Å²) < 4.78 is 61.6. The zero-order chi connectivity index (χ0) is 15.4. The molecule has 0 aromatic heterocycles. The minimum absolute atomic E-state index is 0.111. The normalized spacial score (nSPS) is 12.4. The molecule has 0 saturated carbocycles. The smallest absolute Gasteiger partial charge is 0.207 e. The molecule has 4 nitrogen and oxygen atoms in total. The van der Waals surface area contributed by atoms with Crippen LogP contribution in [0.3, 0.4) is 0 Å². The van der Waals surface area contributed by atoms with Gasteiger partial charge in [0.25, 0.3) is 0 Å². The minimum Gasteiger partial charge on any atom is -0.207 e. The van der Waals surface area contributed by atoms with Gasteiger partial charge in [-0.3, -0.25) is 0 Å². The van der Waals surface area contributed by atoms with E-state index in [0.29, 0.717) is 9.87 Å². The molecule has 0 atom stereocenters. The summed E-state index contributed by atoms with van der Waals surface area (Å²) in [6.45, 7) is -0.457. The molecule has 0 spiro atoms. The standard InChI is InChI=1S/C12H13F3N2O2S/c1-2-17(9-12(13,14)15)20(18,19)11-5-3-10(4-6-11)7-8-16/h3-6H,2,7,9H2,1H3. The molecule has 0 aliphatic heterocycles. The van der Waals surface area contributed by atoms with Crippen molar-refractivity contribution in [3.63, 3.8) is 0 Å². The third-order valence-electron chi connectivity index (χ3n) is 2.55. The highest BCUT2D eigenvalue weighted by atomic mass is 32.2. The monoisotopic (exact) mass is 306 g/mol. The van der Waals surface area contributed by atoms with Gasteiger partial charge in [-0.15, -0.1) is 0 Å². The van der Waals surface area contributed by atoms with E-state index >= 15 is 0 Å². The van der Waals surface area contributed by atoms with Gasteiger partial charge in [-0.1, -0.05) is 19.1 Å². The van der Waals surface area contributed by atoms with E-state index in [0.717, 1.165) is 0 Å². The first kappa shape index (κ1) is 16.5. The van der Waals surface area contributed by atoms with Gasteiger partial charge >= 0.3 is 6.18 Å². The van der Waals surface area contributed by atoms with Crippen LogP contribution in [0.25, 0.3) is 0 Å². The molecule has 1 rings (SSSR count). The summed E-state index contributed by atoms with van der Waals surface area (Å²) in [4.78, 5) is -0.217. The second-order valence-electron chi connectivity index (χ2n) is 4.03. The van der Waals surface area contributed by atoms with Crippen molar-refractivity contribution in [3.8, 4) is 6.07 Å². The van der Waals surface area contributed by atoms with Crippen molar-refractivity contribution in [1.29, 1.82) is 5.26 Å². The van der Waals surface area contributed by atoms with Crippen LogP contribution in [0, 0.1) is 11.3 Å². The van der Waals surface area contributed by atoms with Crippen molar-refractivity contribution in [2.45, 2.75) is 24.4 Å². The molecule has 0 heterocycles. The van der Waals surface area contributed by atoms with Gasteiger partial charge < -0.3 is 0 Å². The van der Waals surface area contributed by atoms with E-state index in [-0.39, 0.29) is 17.9 Å². The third kappa shape index (κ3) is 4.21. The molecular formula is C12H13F3N2O2S. The Kier molecular flexibility index (Phi) is 5.14. The number of hydrogen-bond donors (Lipinski definition) is 0. The number of benzene rings is 1. The zero-order valence-corrected chi connectivity index (χ0v) is 11.5. The second-order valence-corrected chi connectivity index (χ2v) is 5.96. The Morgan fingerprint density at radius 2 is 1.80 bits per heavy atom. The van der Waals surface area contributed by atoms with Gasteiger partial charge in [0.2, 0.25) is 10.0 Å². The summed E-state index contributed by atoms with van der Waals surface area (Å²) in [7, 11) is -4.19. The van der Waals surface area contributed by atoms with Crippen molar-refractivity contribution in [2.75, 3.05) is 13.1 Å². The van der Waals surface area contributed by atoms with Crippen molar-refractivity contribution in [1.82, 2.24) is 4.31 Å². The zero-order valence-electron chi connectivity index (χ0n) is 10.7. The number of sulfonamides is 1. The van der Waals surface area contributed by atoms with Gasteiger partial charge in [0.15, 0.2) is 0 Å². The molecule has 1 aromatic carbocycles. The predicted molar refractivity (Wildman–Crippen MR) is 66.2 cm³/mol. The van der Waals surface area contributed by atoms with E-state index in [9.17, 15) is 21.6 Å². The maximum absolute atomic E-state index is 12.4. The predicted octanol–water partition coefficient (Wildman–Crippen LogP) is 2.33. The lowest BCUT2D eigenvalue weighted by molar-refractivity contribution is -0.135. The van der Waals surface area contributed by atoms with Crippen molar-refractivity contribution >= 4 is 10.0 Å². The maximum Gasteiger partial charge on any atom is 0.402 e. The highest BCUT2D eigenvalue weighted by molar-refractivity contribution is 7.89. The molecule has 0 aliphatic carbocycles. The van der Waals surface area contributed by atoms with E-state index in [1.807, 2.05) is 6.07 Å². The van der Waals surface area contributed by atoms with Gasteiger partial charge in [0.05, 0.1) is 17.4 Å². The summed E-state index contributed by atoms with van der Waals surface area (Å²) >= 11 is 0. The molecule has 0 aliphatic rings. The Bertz CT molecular complexity index is 589. The number of alkyl halides is 3. The van der Waals surface area contributed by atoms with Gasteiger partial charge in [-0.05, 0) is 17.7 Å². The van der Waals surface area contributed by atoms with E-state index in [2.05, 4.69) is 0 Å². The lowest BCUT2D eigenvalue weighted by Gasteiger charge is -2.21. The van der Waals surface area contributed by atoms with Crippen LogP contribution in [0.1, 0.15) is 12.5 Å². The average Bonchev–Trinajstić information content (AvgIpc) is 2.36. The van der Waals surface area contributed by atoms with Crippen molar-refractivity contribution < 1.29 is 21.6 Å². The summed E-state index contributed by atoms with van der Waals surface area (Å²) in [5, 5.41) is 8.50. The Hall–Kier alpha value is -1.59. The fourth-order valence-electron chi connectivity index (χ4n) is 1.59. The quantitative estimate of drug-likeness (QED) is 0.839. The van der Waals surface area contributed by atoms with Crippen LogP contribution in [0.5, 0.6) is 0 Å². The number of halogens is 3. The topological polar surface area (TPSA) is 61.2 Å². The van der Waals surface area contributed by atoms with E-state index in [1.165, 1.54) is 31.2 Å². The minimum atomic E-state index is -4.59. The summed E-state index contributed by atoms with van der Waals surface area (Å²) in [5.41, 5.74) is 0.602.